The zero-order chi connectivity index (χ0) is 14.8. The summed E-state index contributed by atoms with van der Waals surface area (Å²) in [6.07, 6.45) is 3.72. The van der Waals surface area contributed by atoms with Crippen LogP contribution in [0.2, 0.25) is 0 Å². The van der Waals surface area contributed by atoms with Gasteiger partial charge in [-0.25, -0.2) is 4.98 Å². The van der Waals surface area contributed by atoms with Crippen LogP contribution in [0, 0.1) is 13.8 Å². The Labute approximate surface area is 128 Å². The molecular weight excluding hydrogens is 278 g/mol. The molecule has 4 heteroatoms. The van der Waals surface area contributed by atoms with Gasteiger partial charge in [-0.3, -0.25) is 4.98 Å². The summed E-state index contributed by atoms with van der Waals surface area (Å²) in [6, 6.07) is 8.08. The van der Waals surface area contributed by atoms with E-state index in [1.807, 2.05) is 24.3 Å². The van der Waals surface area contributed by atoms with Crippen LogP contribution in [0.3, 0.4) is 0 Å². The molecule has 106 valence electrons. The summed E-state index contributed by atoms with van der Waals surface area (Å²) in [5.41, 5.74) is 5.59. The van der Waals surface area contributed by atoms with Crippen LogP contribution in [0.15, 0.2) is 48.5 Å². The molecule has 3 heterocycles. The number of rotatable bonds is 4. The van der Waals surface area contributed by atoms with Crippen LogP contribution in [-0.2, 0) is 6.54 Å². The van der Waals surface area contributed by atoms with Gasteiger partial charge in [-0.1, -0.05) is 12.1 Å². The molecule has 0 saturated heterocycles. The van der Waals surface area contributed by atoms with Gasteiger partial charge in [0, 0.05) is 35.1 Å². The lowest BCUT2D eigenvalue weighted by Gasteiger charge is -2.05. The Morgan fingerprint density at radius 3 is 2.86 bits per heavy atom. The summed E-state index contributed by atoms with van der Waals surface area (Å²) >= 11 is 1.63. The average Bonchev–Trinajstić information content (AvgIpc) is 3.09. The Morgan fingerprint density at radius 1 is 1.29 bits per heavy atom. The van der Waals surface area contributed by atoms with E-state index in [-0.39, 0.29) is 0 Å². The molecule has 0 aromatic carbocycles. The normalized spacial score (nSPS) is 10.8. The molecule has 3 aromatic heterocycles. The molecule has 0 saturated carbocycles. The fraction of sp³-hybridized carbons (Fsp3) is 0.176. The predicted molar refractivity (Wildman–Crippen MR) is 88.4 cm³/mol. The van der Waals surface area contributed by atoms with Crippen molar-refractivity contribution in [3.63, 3.8) is 0 Å². The highest BCUT2D eigenvalue weighted by Crippen LogP contribution is 2.31. The molecule has 0 spiro atoms. The van der Waals surface area contributed by atoms with Gasteiger partial charge in [-0.2, -0.15) is 0 Å². The molecule has 0 aliphatic heterocycles. The van der Waals surface area contributed by atoms with Gasteiger partial charge in [-0.15, -0.1) is 17.9 Å². The number of hydrogen-bond donors (Lipinski definition) is 0. The third-order valence-corrected chi connectivity index (χ3v) is 4.41. The maximum Gasteiger partial charge on any atom is 0.142 e. The Morgan fingerprint density at radius 2 is 2.14 bits per heavy atom. The maximum atomic E-state index is 4.74. The molecule has 0 N–H and O–H groups in total. The van der Waals surface area contributed by atoms with E-state index < -0.39 is 0 Å². The number of allylic oxidation sites excluding steroid dienone is 1. The van der Waals surface area contributed by atoms with Crippen LogP contribution < -0.4 is 0 Å². The fourth-order valence-corrected chi connectivity index (χ4v) is 3.27. The zero-order valence-electron chi connectivity index (χ0n) is 12.2. The van der Waals surface area contributed by atoms with E-state index in [9.17, 15) is 0 Å². The van der Waals surface area contributed by atoms with E-state index in [1.54, 1.807) is 17.5 Å². The van der Waals surface area contributed by atoms with Crippen molar-refractivity contribution >= 4 is 11.3 Å². The lowest BCUT2D eigenvalue weighted by atomic mass is 10.2. The van der Waals surface area contributed by atoms with Crippen molar-refractivity contribution in [1.82, 2.24) is 14.5 Å². The maximum absolute atomic E-state index is 4.74. The predicted octanol–water partition coefficient (Wildman–Crippen LogP) is 4.48. The largest absolute Gasteiger partial charge is 0.345 e. The molecular formula is C17H17N3S. The van der Waals surface area contributed by atoms with Crippen molar-refractivity contribution in [2.24, 2.45) is 0 Å². The van der Waals surface area contributed by atoms with Crippen molar-refractivity contribution in [2.45, 2.75) is 20.4 Å². The summed E-state index contributed by atoms with van der Waals surface area (Å²) < 4.78 is 2.25. The average molecular weight is 295 g/mol. The zero-order valence-corrected chi connectivity index (χ0v) is 13.0. The molecule has 0 fully saturated rings. The minimum atomic E-state index is 0.828. The summed E-state index contributed by atoms with van der Waals surface area (Å²) in [7, 11) is 0. The Bertz CT molecular complexity index is 769. The van der Waals surface area contributed by atoms with Gasteiger partial charge >= 0.3 is 0 Å². The van der Waals surface area contributed by atoms with E-state index in [0.717, 1.165) is 22.9 Å². The van der Waals surface area contributed by atoms with Gasteiger partial charge in [0.2, 0.25) is 0 Å². The smallest absolute Gasteiger partial charge is 0.142 e. The van der Waals surface area contributed by atoms with Crippen LogP contribution in [0.1, 0.15) is 11.4 Å². The van der Waals surface area contributed by atoms with E-state index in [4.69, 9.17) is 4.98 Å². The highest BCUT2D eigenvalue weighted by molar-refractivity contribution is 7.13. The van der Waals surface area contributed by atoms with Crippen LogP contribution in [-0.4, -0.2) is 14.5 Å². The van der Waals surface area contributed by atoms with Gasteiger partial charge in [0.05, 0.1) is 11.4 Å². The van der Waals surface area contributed by atoms with Crippen molar-refractivity contribution in [1.29, 1.82) is 0 Å². The molecule has 0 atom stereocenters. The lowest BCUT2D eigenvalue weighted by Crippen LogP contribution is -1.99. The number of pyridine rings is 1. The lowest BCUT2D eigenvalue weighted by molar-refractivity contribution is 0.770. The van der Waals surface area contributed by atoms with Crippen LogP contribution in [0.4, 0.5) is 0 Å². The van der Waals surface area contributed by atoms with Crippen molar-refractivity contribution < 1.29 is 0 Å². The highest BCUT2D eigenvalue weighted by Gasteiger charge is 2.13. The molecule has 3 aromatic rings. The first-order valence-corrected chi connectivity index (χ1v) is 7.73. The molecule has 21 heavy (non-hydrogen) atoms. The monoisotopic (exact) mass is 295 g/mol. The SMILES string of the molecule is C=CCn1c(C)cc(-c2csc(-c3ccccn3)n2)c1C. The van der Waals surface area contributed by atoms with Crippen molar-refractivity contribution in [2.75, 3.05) is 0 Å². The van der Waals surface area contributed by atoms with E-state index in [2.05, 4.69) is 41.4 Å². The number of aromatic nitrogens is 3. The molecule has 0 aliphatic carbocycles. The topological polar surface area (TPSA) is 30.7 Å². The number of thiazole rings is 1. The van der Waals surface area contributed by atoms with Gasteiger partial charge in [0.25, 0.3) is 0 Å². The first-order chi connectivity index (χ1) is 10.2. The van der Waals surface area contributed by atoms with Crippen LogP contribution in [0.5, 0.6) is 0 Å². The Kier molecular flexibility index (Phi) is 3.71. The van der Waals surface area contributed by atoms with Gasteiger partial charge in [-0.05, 0) is 32.0 Å². The van der Waals surface area contributed by atoms with Gasteiger partial charge in [0.1, 0.15) is 5.01 Å². The summed E-state index contributed by atoms with van der Waals surface area (Å²) in [5.74, 6) is 0. The number of hydrogen-bond acceptors (Lipinski definition) is 3. The molecule has 0 aliphatic rings. The second kappa shape index (κ2) is 5.66. The second-order valence-electron chi connectivity index (χ2n) is 4.94. The summed E-state index contributed by atoms with van der Waals surface area (Å²) in [6.45, 7) is 8.90. The minimum Gasteiger partial charge on any atom is -0.345 e. The summed E-state index contributed by atoms with van der Waals surface area (Å²) in [4.78, 5) is 9.10. The highest BCUT2D eigenvalue weighted by atomic mass is 32.1. The molecule has 3 nitrogen and oxygen atoms in total. The molecule has 3 rings (SSSR count). The number of aryl methyl sites for hydroxylation is 1. The Balaban J connectivity index is 2.01. The minimum absolute atomic E-state index is 0.828. The van der Waals surface area contributed by atoms with Gasteiger partial charge in [0.15, 0.2) is 0 Å². The second-order valence-corrected chi connectivity index (χ2v) is 5.80. The third-order valence-electron chi connectivity index (χ3n) is 3.55. The molecule has 0 amide bonds. The quantitative estimate of drug-likeness (QED) is 0.665. The summed E-state index contributed by atoms with van der Waals surface area (Å²) in [5, 5.41) is 3.06. The molecule has 0 radical (unpaired) electrons. The molecule has 0 bridgehead atoms. The van der Waals surface area contributed by atoms with E-state index in [1.165, 1.54) is 17.0 Å². The van der Waals surface area contributed by atoms with Crippen molar-refractivity contribution in [3.05, 3.63) is 59.9 Å². The van der Waals surface area contributed by atoms with E-state index in [0.29, 0.717) is 0 Å². The third kappa shape index (κ3) is 2.54. The van der Waals surface area contributed by atoms with E-state index >= 15 is 0 Å². The van der Waals surface area contributed by atoms with Crippen molar-refractivity contribution in [3.8, 4) is 22.0 Å². The number of nitrogens with zero attached hydrogens (tertiary/aromatic N) is 3. The standard InChI is InChI=1S/C17H17N3S/c1-4-9-20-12(2)10-14(13(20)3)16-11-21-17(19-16)15-7-5-6-8-18-15/h4-8,10-11H,1,9H2,2-3H3. The fourth-order valence-electron chi connectivity index (χ4n) is 2.47. The molecule has 0 unspecified atom stereocenters. The first kappa shape index (κ1) is 13.8. The van der Waals surface area contributed by atoms with Crippen LogP contribution >= 0.6 is 11.3 Å². The van der Waals surface area contributed by atoms with Crippen LogP contribution in [0.25, 0.3) is 22.0 Å². The Hall–Kier alpha value is -2.20. The first-order valence-electron chi connectivity index (χ1n) is 6.85. The van der Waals surface area contributed by atoms with Gasteiger partial charge < -0.3 is 4.57 Å².